The molecule has 2 aromatic carbocycles. The fourth-order valence-electron chi connectivity index (χ4n) is 1.73. The fourth-order valence-corrected chi connectivity index (χ4v) is 2.70. The molecule has 0 bridgehead atoms. The van der Waals surface area contributed by atoms with Crippen molar-refractivity contribution >= 4 is 15.8 Å². The highest BCUT2D eigenvalue weighted by molar-refractivity contribution is 7.87. The summed E-state index contributed by atoms with van der Waals surface area (Å²) in [6.07, 6.45) is 0.135. The van der Waals surface area contributed by atoms with Crippen molar-refractivity contribution in [2.45, 2.75) is 6.42 Å². The zero-order valence-corrected chi connectivity index (χ0v) is 12.1. The molecule has 2 aromatic rings. The molecule has 0 fully saturated rings. The molecule has 6 nitrogen and oxygen atoms in total. The van der Waals surface area contributed by atoms with Crippen LogP contribution < -0.4 is 4.18 Å². The maximum atomic E-state index is 13.0. The molecule has 0 aliphatic rings. The van der Waals surface area contributed by atoms with E-state index in [1.54, 1.807) is 0 Å². The summed E-state index contributed by atoms with van der Waals surface area (Å²) >= 11 is 0. The number of halogens is 1. The number of rotatable bonds is 6. The van der Waals surface area contributed by atoms with Crippen molar-refractivity contribution < 1.29 is 21.9 Å². The lowest BCUT2D eigenvalue weighted by Crippen LogP contribution is -2.15. The quantitative estimate of drug-likeness (QED) is 0.463. The van der Waals surface area contributed by atoms with Crippen LogP contribution in [0.15, 0.2) is 48.5 Å². The Balaban J connectivity index is 1.99. The highest BCUT2D eigenvalue weighted by atomic mass is 32.2. The fraction of sp³-hybridized carbons (Fsp3) is 0.143. The normalized spacial score (nSPS) is 11.1. The van der Waals surface area contributed by atoms with Gasteiger partial charge >= 0.3 is 10.1 Å². The molecule has 0 aliphatic carbocycles. The van der Waals surface area contributed by atoms with Crippen molar-refractivity contribution in [1.29, 1.82) is 0 Å². The van der Waals surface area contributed by atoms with Gasteiger partial charge in [0.05, 0.1) is 10.7 Å². The van der Waals surface area contributed by atoms with Gasteiger partial charge in [0.15, 0.2) is 0 Å². The van der Waals surface area contributed by atoms with E-state index < -0.39 is 20.9 Å². The van der Waals surface area contributed by atoms with E-state index in [2.05, 4.69) is 0 Å². The molecule has 0 radical (unpaired) electrons. The van der Waals surface area contributed by atoms with E-state index in [0.717, 1.165) is 6.07 Å². The molecule has 0 saturated carbocycles. The first-order valence-corrected chi connectivity index (χ1v) is 7.84. The third kappa shape index (κ3) is 4.52. The van der Waals surface area contributed by atoms with E-state index >= 15 is 0 Å². The summed E-state index contributed by atoms with van der Waals surface area (Å²) in [5.41, 5.74) is 0.555. The van der Waals surface area contributed by atoms with Crippen LogP contribution in [0.3, 0.4) is 0 Å². The van der Waals surface area contributed by atoms with Crippen LogP contribution in [-0.2, 0) is 16.5 Å². The van der Waals surface area contributed by atoms with Crippen LogP contribution >= 0.6 is 0 Å². The van der Waals surface area contributed by atoms with Gasteiger partial charge in [-0.3, -0.25) is 10.1 Å². The minimum atomic E-state index is -3.88. The summed E-state index contributed by atoms with van der Waals surface area (Å²) in [6.45, 7) is 0. The molecule has 0 aliphatic heterocycles. The number of benzene rings is 2. The maximum absolute atomic E-state index is 13.0. The average Bonchev–Trinajstić information content (AvgIpc) is 2.45. The summed E-state index contributed by atoms with van der Waals surface area (Å²) in [5, 5.41) is 10.5. The van der Waals surface area contributed by atoms with Gasteiger partial charge in [-0.1, -0.05) is 18.2 Å². The Labute approximate surface area is 126 Å². The van der Waals surface area contributed by atoms with Gasteiger partial charge in [-0.2, -0.15) is 8.42 Å². The molecule has 0 atom stereocenters. The molecule has 0 N–H and O–H groups in total. The Morgan fingerprint density at radius 3 is 2.41 bits per heavy atom. The molecule has 0 saturated heterocycles. The van der Waals surface area contributed by atoms with Crippen LogP contribution in [0, 0.1) is 15.9 Å². The summed E-state index contributed by atoms with van der Waals surface area (Å²) in [5.74, 6) is -1.01. The van der Waals surface area contributed by atoms with Crippen molar-refractivity contribution in [1.82, 2.24) is 0 Å². The van der Waals surface area contributed by atoms with Crippen LogP contribution in [0.2, 0.25) is 0 Å². The SMILES string of the molecule is O=[N+]([O-])c1ccc(CCS(=O)(=O)Oc2cccc(F)c2)cc1. The van der Waals surface area contributed by atoms with Crippen molar-refractivity contribution in [2.24, 2.45) is 0 Å². The number of hydrogen-bond donors (Lipinski definition) is 0. The highest BCUT2D eigenvalue weighted by Gasteiger charge is 2.14. The van der Waals surface area contributed by atoms with Crippen molar-refractivity contribution in [3.05, 3.63) is 70.0 Å². The van der Waals surface area contributed by atoms with Gasteiger partial charge in [0.1, 0.15) is 11.6 Å². The largest absolute Gasteiger partial charge is 0.382 e. The predicted molar refractivity (Wildman–Crippen MR) is 77.6 cm³/mol. The van der Waals surface area contributed by atoms with Crippen molar-refractivity contribution in [2.75, 3.05) is 5.75 Å². The predicted octanol–water partition coefficient (Wildman–Crippen LogP) is 2.69. The molecule has 0 unspecified atom stereocenters. The zero-order valence-electron chi connectivity index (χ0n) is 11.3. The Bertz CT molecular complexity index is 774. The third-order valence-corrected chi connectivity index (χ3v) is 3.96. The second-order valence-corrected chi connectivity index (χ2v) is 6.17. The smallest absolute Gasteiger partial charge is 0.309 e. The van der Waals surface area contributed by atoms with Crippen LogP contribution in [0.4, 0.5) is 10.1 Å². The van der Waals surface area contributed by atoms with E-state index in [4.69, 9.17) is 4.18 Å². The van der Waals surface area contributed by atoms with E-state index in [0.29, 0.717) is 5.56 Å². The topological polar surface area (TPSA) is 86.5 Å². The van der Waals surface area contributed by atoms with Gasteiger partial charge in [0, 0.05) is 18.2 Å². The molecule has 0 amide bonds. The molecule has 0 heterocycles. The van der Waals surface area contributed by atoms with Crippen LogP contribution in [-0.4, -0.2) is 19.1 Å². The Hall–Kier alpha value is -2.48. The Morgan fingerprint density at radius 1 is 1.14 bits per heavy atom. The number of nitro benzene ring substituents is 1. The van der Waals surface area contributed by atoms with E-state index in [-0.39, 0.29) is 23.6 Å². The van der Waals surface area contributed by atoms with E-state index in [1.807, 2.05) is 0 Å². The third-order valence-electron chi connectivity index (χ3n) is 2.81. The number of aryl methyl sites for hydroxylation is 1. The lowest BCUT2D eigenvalue weighted by atomic mass is 10.1. The maximum Gasteiger partial charge on any atom is 0.309 e. The lowest BCUT2D eigenvalue weighted by Gasteiger charge is -2.07. The minimum absolute atomic E-state index is 0.0670. The first-order valence-electron chi connectivity index (χ1n) is 6.27. The van der Waals surface area contributed by atoms with Gasteiger partial charge in [0.25, 0.3) is 5.69 Å². The van der Waals surface area contributed by atoms with Gasteiger partial charge in [-0.25, -0.2) is 4.39 Å². The minimum Gasteiger partial charge on any atom is -0.382 e. The van der Waals surface area contributed by atoms with Crippen LogP contribution in [0.1, 0.15) is 5.56 Å². The number of hydrogen-bond acceptors (Lipinski definition) is 5. The first kappa shape index (κ1) is 15.9. The molecule has 2 rings (SSSR count). The molecular formula is C14H12FNO5S. The molecule has 116 valence electrons. The highest BCUT2D eigenvalue weighted by Crippen LogP contribution is 2.16. The van der Waals surface area contributed by atoms with Crippen molar-refractivity contribution in [3.63, 3.8) is 0 Å². The lowest BCUT2D eigenvalue weighted by molar-refractivity contribution is -0.384. The standard InChI is InChI=1S/C14H12FNO5S/c15-12-2-1-3-14(10-12)21-22(19,20)9-8-11-4-6-13(7-5-11)16(17)18/h1-7,10H,8-9H2. The van der Waals surface area contributed by atoms with Gasteiger partial charge in [-0.05, 0) is 24.1 Å². The van der Waals surface area contributed by atoms with Crippen LogP contribution in [0.5, 0.6) is 5.75 Å². The summed E-state index contributed by atoms with van der Waals surface area (Å²) in [6, 6.07) is 10.4. The van der Waals surface area contributed by atoms with E-state index in [1.165, 1.54) is 42.5 Å². The van der Waals surface area contributed by atoms with Crippen molar-refractivity contribution in [3.8, 4) is 5.75 Å². The number of nitrogens with zero attached hydrogens (tertiary/aromatic N) is 1. The van der Waals surface area contributed by atoms with E-state index in [9.17, 15) is 22.9 Å². The Kier molecular flexibility index (Phi) is 4.71. The van der Waals surface area contributed by atoms with Gasteiger partial charge in [-0.15, -0.1) is 0 Å². The molecule has 0 spiro atoms. The molecule has 22 heavy (non-hydrogen) atoms. The summed E-state index contributed by atoms with van der Waals surface area (Å²) < 4.78 is 41.4. The zero-order chi connectivity index (χ0) is 16.2. The summed E-state index contributed by atoms with van der Waals surface area (Å²) in [4.78, 5) is 9.98. The first-order chi connectivity index (χ1) is 10.4. The van der Waals surface area contributed by atoms with Gasteiger partial charge in [0.2, 0.25) is 0 Å². The molecular weight excluding hydrogens is 313 g/mol. The second-order valence-electron chi connectivity index (χ2n) is 4.48. The Morgan fingerprint density at radius 2 is 1.82 bits per heavy atom. The van der Waals surface area contributed by atoms with Crippen LogP contribution in [0.25, 0.3) is 0 Å². The second kappa shape index (κ2) is 6.52. The molecule has 0 aromatic heterocycles. The van der Waals surface area contributed by atoms with Gasteiger partial charge < -0.3 is 4.18 Å². The summed E-state index contributed by atoms with van der Waals surface area (Å²) in [7, 11) is -3.88. The molecule has 8 heteroatoms. The number of nitro groups is 1. The number of non-ortho nitro benzene ring substituents is 1. The monoisotopic (exact) mass is 325 g/mol. The average molecular weight is 325 g/mol.